The maximum Gasteiger partial charge on any atom is 0.253 e. The van der Waals surface area contributed by atoms with Gasteiger partial charge in [-0.05, 0) is 56.3 Å². The number of nitrogens with one attached hydrogen (secondary N) is 2. The number of amides is 2. The summed E-state index contributed by atoms with van der Waals surface area (Å²) in [5, 5.41) is 5.88. The van der Waals surface area contributed by atoms with Crippen LogP contribution < -0.4 is 15.4 Å². The van der Waals surface area contributed by atoms with Gasteiger partial charge in [0.2, 0.25) is 5.91 Å². The van der Waals surface area contributed by atoms with Crippen LogP contribution >= 0.6 is 0 Å². The lowest BCUT2D eigenvalue weighted by Gasteiger charge is -2.19. The van der Waals surface area contributed by atoms with Gasteiger partial charge in [-0.1, -0.05) is 6.07 Å². The molecule has 156 valence electrons. The number of ether oxygens (including phenoxy) is 2. The van der Waals surface area contributed by atoms with Crippen molar-refractivity contribution in [3.8, 4) is 5.75 Å². The number of carbonyl (C=O) groups excluding carboxylic acids is 2. The Morgan fingerprint density at radius 1 is 0.966 bits per heavy atom. The average molecular weight is 399 g/mol. The lowest BCUT2D eigenvalue weighted by Crippen LogP contribution is -2.30. The number of carbonyl (C=O) groups is 2. The Balaban J connectivity index is 1.86. The van der Waals surface area contributed by atoms with Crippen LogP contribution in [-0.4, -0.2) is 56.7 Å². The smallest absolute Gasteiger partial charge is 0.253 e. The minimum absolute atomic E-state index is 0.0444. The first-order chi connectivity index (χ1) is 14.1. The molecule has 29 heavy (non-hydrogen) atoms. The highest BCUT2D eigenvalue weighted by atomic mass is 16.5. The van der Waals surface area contributed by atoms with E-state index in [1.807, 2.05) is 38.1 Å². The summed E-state index contributed by atoms with van der Waals surface area (Å²) < 4.78 is 10.4. The highest BCUT2D eigenvalue weighted by molar-refractivity contribution is 5.98. The minimum atomic E-state index is -0.196. The SMILES string of the molecule is CCN(CC)C(=O)c1cccc(NC(=O)CNc2ccc(OCCOC)cc2)c1. The van der Waals surface area contributed by atoms with Gasteiger partial charge in [-0.3, -0.25) is 9.59 Å². The van der Waals surface area contributed by atoms with Crippen LogP contribution in [0.1, 0.15) is 24.2 Å². The van der Waals surface area contributed by atoms with Crippen molar-refractivity contribution in [3.63, 3.8) is 0 Å². The van der Waals surface area contributed by atoms with Crippen molar-refractivity contribution in [1.82, 2.24) is 4.90 Å². The number of rotatable bonds is 11. The summed E-state index contributed by atoms with van der Waals surface area (Å²) in [4.78, 5) is 26.4. The van der Waals surface area contributed by atoms with Gasteiger partial charge in [0.25, 0.3) is 5.91 Å². The van der Waals surface area contributed by atoms with E-state index >= 15 is 0 Å². The largest absolute Gasteiger partial charge is 0.491 e. The number of hydrogen-bond acceptors (Lipinski definition) is 5. The molecule has 0 fully saturated rings. The summed E-state index contributed by atoms with van der Waals surface area (Å²) in [6, 6.07) is 14.3. The van der Waals surface area contributed by atoms with Gasteiger partial charge in [0.05, 0.1) is 13.2 Å². The predicted octanol–water partition coefficient (Wildman–Crippen LogP) is 3.24. The van der Waals surface area contributed by atoms with Gasteiger partial charge in [0.1, 0.15) is 12.4 Å². The molecule has 2 aromatic rings. The van der Waals surface area contributed by atoms with E-state index in [2.05, 4.69) is 10.6 Å². The van der Waals surface area contributed by atoms with E-state index < -0.39 is 0 Å². The molecule has 0 aromatic heterocycles. The van der Waals surface area contributed by atoms with Crippen molar-refractivity contribution in [2.45, 2.75) is 13.8 Å². The molecule has 2 rings (SSSR count). The Morgan fingerprint density at radius 3 is 2.34 bits per heavy atom. The Labute approximate surface area is 172 Å². The molecule has 0 saturated carbocycles. The fourth-order valence-corrected chi connectivity index (χ4v) is 2.72. The van der Waals surface area contributed by atoms with Gasteiger partial charge in [0.15, 0.2) is 0 Å². The second-order valence-corrected chi connectivity index (χ2v) is 6.33. The highest BCUT2D eigenvalue weighted by Crippen LogP contribution is 2.16. The summed E-state index contributed by atoms with van der Waals surface area (Å²) in [5.74, 6) is 0.502. The zero-order chi connectivity index (χ0) is 21.1. The molecule has 0 radical (unpaired) electrons. The molecule has 7 heteroatoms. The van der Waals surface area contributed by atoms with Crippen molar-refractivity contribution in [2.75, 3.05) is 50.6 Å². The van der Waals surface area contributed by atoms with Gasteiger partial charge in [-0.25, -0.2) is 0 Å². The molecule has 0 aliphatic rings. The summed E-state index contributed by atoms with van der Waals surface area (Å²) in [6.07, 6.45) is 0. The van der Waals surface area contributed by atoms with Gasteiger partial charge in [-0.2, -0.15) is 0 Å². The quantitative estimate of drug-likeness (QED) is 0.567. The van der Waals surface area contributed by atoms with Gasteiger partial charge >= 0.3 is 0 Å². The van der Waals surface area contributed by atoms with E-state index in [1.54, 1.807) is 36.3 Å². The summed E-state index contributed by atoms with van der Waals surface area (Å²) in [5.41, 5.74) is 1.96. The highest BCUT2D eigenvalue weighted by Gasteiger charge is 2.13. The van der Waals surface area contributed by atoms with Crippen molar-refractivity contribution in [3.05, 3.63) is 54.1 Å². The zero-order valence-corrected chi connectivity index (χ0v) is 17.2. The van der Waals surface area contributed by atoms with E-state index in [-0.39, 0.29) is 18.4 Å². The third kappa shape index (κ3) is 7.12. The first kappa shape index (κ1) is 22.2. The van der Waals surface area contributed by atoms with E-state index in [0.29, 0.717) is 37.6 Å². The molecule has 0 atom stereocenters. The van der Waals surface area contributed by atoms with Crippen LogP contribution in [-0.2, 0) is 9.53 Å². The second kappa shape index (κ2) is 11.7. The maximum absolute atomic E-state index is 12.4. The Kier molecular flexibility index (Phi) is 8.98. The molecule has 2 aromatic carbocycles. The normalized spacial score (nSPS) is 10.3. The van der Waals surface area contributed by atoms with E-state index in [9.17, 15) is 9.59 Å². The van der Waals surface area contributed by atoms with Crippen molar-refractivity contribution >= 4 is 23.2 Å². The van der Waals surface area contributed by atoms with E-state index in [0.717, 1.165) is 11.4 Å². The Morgan fingerprint density at radius 2 is 1.69 bits per heavy atom. The second-order valence-electron chi connectivity index (χ2n) is 6.33. The lowest BCUT2D eigenvalue weighted by molar-refractivity contribution is -0.114. The summed E-state index contributed by atoms with van der Waals surface area (Å²) in [6.45, 7) is 6.30. The van der Waals surface area contributed by atoms with Crippen LogP contribution in [0.4, 0.5) is 11.4 Å². The molecular weight excluding hydrogens is 370 g/mol. The molecule has 2 amide bonds. The Hall–Kier alpha value is -3.06. The predicted molar refractivity (Wildman–Crippen MR) is 115 cm³/mol. The minimum Gasteiger partial charge on any atom is -0.491 e. The average Bonchev–Trinajstić information content (AvgIpc) is 2.74. The molecule has 0 unspecified atom stereocenters. The topological polar surface area (TPSA) is 79.9 Å². The third-order valence-electron chi connectivity index (χ3n) is 4.31. The van der Waals surface area contributed by atoms with Crippen molar-refractivity contribution in [1.29, 1.82) is 0 Å². The number of hydrogen-bond donors (Lipinski definition) is 2. The monoisotopic (exact) mass is 399 g/mol. The van der Waals surface area contributed by atoms with Crippen LogP contribution in [0.3, 0.4) is 0 Å². The maximum atomic E-state index is 12.4. The van der Waals surface area contributed by atoms with Crippen LogP contribution in [0.25, 0.3) is 0 Å². The fraction of sp³-hybridized carbons (Fsp3) is 0.364. The lowest BCUT2D eigenvalue weighted by atomic mass is 10.1. The van der Waals surface area contributed by atoms with Gasteiger partial charge in [-0.15, -0.1) is 0 Å². The molecule has 0 aliphatic heterocycles. The van der Waals surface area contributed by atoms with Gasteiger partial charge < -0.3 is 25.0 Å². The van der Waals surface area contributed by atoms with Crippen LogP contribution in [0.15, 0.2) is 48.5 Å². The van der Waals surface area contributed by atoms with Crippen LogP contribution in [0.2, 0.25) is 0 Å². The fourth-order valence-electron chi connectivity index (χ4n) is 2.72. The van der Waals surface area contributed by atoms with Crippen LogP contribution in [0.5, 0.6) is 5.75 Å². The Bertz CT molecular complexity index is 789. The van der Waals surface area contributed by atoms with E-state index in [1.165, 1.54) is 0 Å². The molecule has 0 saturated heterocycles. The molecule has 0 aliphatic carbocycles. The first-order valence-electron chi connectivity index (χ1n) is 9.72. The number of benzene rings is 2. The molecule has 2 N–H and O–H groups in total. The molecule has 0 spiro atoms. The summed E-state index contributed by atoms with van der Waals surface area (Å²) in [7, 11) is 1.63. The molecule has 0 heterocycles. The molecular formula is C22H29N3O4. The van der Waals surface area contributed by atoms with Crippen LogP contribution in [0, 0.1) is 0 Å². The van der Waals surface area contributed by atoms with E-state index in [4.69, 9.17) is 9.47 Å². The third-order valence-corrected chi connectivity index (χ3v) is 4.31. The van der Waals surface area contributed by atoms with Gasteiger partial charge in [0, 0.05) is 37.1 Å². The first-order valence-corrected chi connectivity index (χ1v) is 9.72. The molecule has 7 nitrogen and oxygen atoms in total. The van der Waals surface area contributed by atoms with Crippen molar-refractivity contribution in [2.24, 2.45) is 0 Å². The molecule has 0 bridgehead atoms. The standard InChI is InChI=1S/C22H29N3O4/c1-4-25(5-2)22(27)17-7-6-8-19(15-17)24-21(26)16-23-18-9-11-20(12-10-18)29-14-13-28-3/h6-12,15,23H,4-5,13-14,16H2,1-3H3,(H,24,26). The number of anilines is 2. The zero-order valence-electron chi connectivity index (χ0n) is 17.2. The number of nitrogens with zero attached hydrogens (tertiary/aromatic N) is 1. The number of methoxy groups -OCH3 is 1. The summed E-state index contributed by atoms with van der Waals surface area (Å²) >= 11 is 0. The van der Waals surface area contributed by atoms with Crippen molar-refractivity contribution < 1.29 is 19.1 Å².